The zero-order valence-corrected chi connectivity index (χ0v) is 22.5. The van der Waals surface area contributed by atoms with Crippen LogP contribution < -0.4 is 10.6 Å². The first-order valence-corrected chi connectivity index (χ1v) is 13.7. The molecule has 1 aliphatic carbocycles. The average molecular weight is 561 g/mol. The minimum Gasteiger partial charge on any atom is -0.421 e. The maximum absolute atomic E-state index is 13.2. The number of carbonyl (C=O) groups excluding carboxylic acids is 3. The summed E-state index contributed by atoms with van der Waals surface area (Å²) in [4.78, 5) is 61.1. The molecule has 0 aliphatic heterocycles. The van der Waals surface area contributed by atoms with Gasteiger partial charge in [0.1, 0.15) is 11.8 Å². The summed E-state index contributed by atoms with van der Waals surface area (Å²) in [5.41, 5.74) is 3.24. The zero-order valence-electron chi connectivity index (χ0n) is 21.6. The molecule has 0 bridgehead atoms. The van der Waals surface area contributed by atoms with Crippen LogP contribution in [0.3, 0.4) is 0 Å². The second kappa shape index (κ2) is 11.5. The molecule has 208 valence electrons. The van der Waals surface area contributed by atoms with Crippen LogP contribution in [0.2, 0.25) is 0 Å². The molecule has 0 spiro atoms. The fourth-order valence-corrected chi connectivity index (χ4v) is 4.06. The van der Waals surface area contributed by atoms with Gasteiger partial charge in [-0.15, -0.1) is 0 Å². The van der Waals surface area contributed by atoms with E-state index < -0.39 is 26.6 Å². The highest BCUT2D eigenvalue weighted by Gasteiger charge is 2.27. The van der Waals surface area contributed by atoms with Crippen molar-refractivity contribution < 1.29 is 38.0 Å². The van der Waals surface area contributed by atoms with Gasteiger partial charge in [-0.3, -0.25) is 9.59 Å². The number of nitrogens with zero attached hydrogens (tertiary/aromatic N) is 4. The highest BCUT2D eigenvalue weighted by Crippen LogP contribution is 2.35. The van der Waals surface area contributed by atoms with Gasteiger partial charge in [-0.05, 0) is 56.4 Å². The van der Waals surface area contributed by atoms with Crippen molar-refractivity contribution in [3.63, 3.8) is 0 Å². The van der Waals surface area contributed by atoms with E-state index in [-0.39, 0.29) is 24.1 Å². The molecule has 1 aromatic carbocycles. The molecule has 3 amide bonds. The Hall–Kier alpha value is -3.84. The van der Waals surface area contributed by atoms with E-state index in [1.54, 1.807) is 35.8 Å². The molecule has 4 N–H and O–H groups in total. The molecule has 0 radical (unpaired) electrons. The first-order chi connectivity index (χ1) is 18.5. The van der Waals surface area contributed by atoms with E-state index in [2.05, 4.69) is 25.2 Å². The number of phosphoric acid groups is 1. The second-order valence-electron chi connectivity index (χ2n) is 9.08. The molecular weight excluding hydrogens is 531 g/mol. The Balaban J connectivity index is 1.58. The molecule has 0 atom stereocenters. The van der Waals surface area contributed by atoms with Crippen LogP contribution in [0.1, 0.15) is 58.0 Å². The highest BCUT2D eigenvalue weighted by atomic mass is 31.2. The van der Waals surface area contributed by atoms with Crippen LogP contribution in [-0.2, 0) is 13.8 Å². The molecule has 3 aromatic rings. The summed E-state index contributed by atoms with van der Waals surface area (Å²) in [7, 11) is -4.85. The Morgan fingerprint density at radius 2 is 1.97 bits per heavy atom. The molecular formula is C24H29N6O8P. The second-order valence-corrected chi connectivity index (χ2v) is 10.3. The summed E-state index contributed by atoms with van der Waals surface area (Å²) in [6, 6.07) is 5.00. The average Bonchev–Trinajstić information content (AvgIpc) is 3.62. The van der Waals surface area contributed by atoms with E-state index in [9.17, 15) is 18.9 Å². The number of amides is 3. The lowest BCUT2D eigenvalue weighted by Crippen LogP contribution is -2.38. The largest absolute Gasteiger partial charge is 0.472 e. The van der Waals surface area contributed by atoms with Crippen LogP contribution in [0, 0.1) is 13.8 Å². The van der Waals surface area contributed by atoms with E-state index in [4.69, 9.17) is 14.5 Å². The van der Waals surface area contributed by atoms with E-state index >= 15 is 0 Å². The van der Waals surface area contributed by atoms with Gasteiger partial charge in [-0.1, -0.05) is 13.0 Å². The maximum Gasteiger partial charge on any atom is 0.472 e. The normalized spacial score (nSPS) is 13.3. The first kappa shape index (κ1) is 28.2. The number of aryl methyl sites for hydroxylation is 2. The lowest BCUT2D eigenvalue weighted by molar-refractivity contribution is 0.0203. The summed E-state index contributed by atoms with van der Waals surface area (Å²) >= 11 is 0. The Bertz CT molecular complexity index is 1460. The van der Waals surface area contributed by atoms with Crippen molar-refractivity contribution in [1.29, 1.82) is 0 Å². The molecule has 1 fully saturated rings. The molecule has 1 saturated carbocycles. The van der Waals surface area contributed by atoms with E-state index in [0.717, 1.165) is 23.3 Å². The highest BCUT2D eigenvalue weighted by molar-refractivity contribution is 7.46. The number of aromatic nitrogens is 3. The van der Waals surface area contributed by atoms with Crippen LogP contribution in [0.4, 0.5) is 16.3 Å². The number of benzene rings is 1. The minimum absolute atomic E-state index is 0.00575. The van der Waals surface area contributed by atoms with Crippen molar-refractivity contribution in [2.24, 2.45) is 0 Å². The van der Waals surface area contributed by atoms with E-state index in [1.807, 2.05) is 13.8 Å². The van der Waals surface area contributed by atoms with Crippen molar-refractivity contribution in [2.75, 3.05) is 18.7 Å². The fourth-order valence-electron chi connectivity index (χ4n) is 3.87. The monoisotopic (exact) mass is 560 g/mol. The van der Waals surface area contributed by atoms with Gasteiger partial charge in [-0.25, -0.2) is 28.3 Å². The van der Waals surface area contributed by atoms with Gasteiger partial charge in [0, 0.05) is 30.0 Å². The van der Waals surface area contributed by atoms with Gasteiger partial charge < -0.3 is 25.2 Å². The number of hydrogen-bond acceptors (Lipinski definition) is 9. The third kappa shape index (κ3) is 6.79. The van der Waals surface area contributed by atoms with Gasteiger partial charge in [0.05, 0.1) is 5.56 Å². The van der Waals surface area contributed by atoms with Crippen LogP contribution in [0.25, 0.3) is 5.52 Å². The molecule has 1 aliphatic rings. The molecule has 2 aromatic heterocycles. The van der Waals surface area contributed by atoms with Crippen molar-refractivity contribution in [2.45, 2.75) is 46.1 Å². The van der Waals surface area contributed by atoms with Crippen molar-refractivity contribution in [1.82, 2.24) is 24.8 Å². The molecule has 15 heteroatoms. The van der Waals surface area contributed by atoms with Gasteiger partial charge in [-0.2, -0.15) is 5.10 Å². The molecule has 14 nitrogen and oxygen atoms in total. The summed E-state index contributed by atoms with van der Waals surface area (Å²) in [6.07, 6.45) is 4.23. The Morgan fingerprint density at radius 1 is 1.23 bits per heavy atom. The zero-order chi connectivity index (χ0) is 28.3. The summed E-state index contributed by atoms with van der Waals surface area (Å²) in [5.74, 6) is -0.434. The predicted octanol–water partition coefficient (Wildman–Crippen LogP) is 3.04. The van der Waals surface area contributed by atoms with Gasteiger partial charge in [0.15, 0.2) is 5.82 Å². The summed E-state index contributed by atoms with van der Waals surface area (Å²) < 4.78 is 21.2. The Kier molecular flexibility index (Phi) is 8.31. The topological polar surface area (TPSA) is 185 Å². The smallest absolute Gasteiger partial charge is 0.421 e. The number of phosphoric ester groups is 1. The summed E-state index contributed by atoms with van der Waals surface area (Å²) in [6.45, 7) is 4.38. The lowest BCUT2D eigenvalue weighted by Gasteiger charge is -2.20. The maximum atomic E-state index is 13.2. The van der Waals surface area contributed by atoms with E-state index in [0.29, 0.717) is 34.6 Å². The van der Waals surface area contributed by atoms with Gasteiger partial charge in [0.2, 0.25) is 6.79 Å². The fraction of sp³-hybridized carbons (Fsp3) is 0.375. The molecule has 0 saturated heterocycles. The number of hydrogen-bond donors (Lipinski definition) is 4. The van der Waals surface area contributed by atoms with Crippen molar-refractivity contribution >= 4 is 42.8 Å². The molecule has 0 unspecified atom stereocenters. The number of ether oxygens (including phenoxy) is 1. The lowest BCUT2D eigenvalue weighted by atomic mass is 10.1. The standard InChI is InChI=1S/C24H29N6O8P/c1-4-9-29(24(33)37-13-38-39(34,35)36)23(32)16-6-5-14(2)19(10-16)28-21-20-15(3)18(11-30(20)26-12-25-21)22(31)27-17-7-8-17/h5-6,10-12,17H,4,7-9,13H2,1-3H3,(H,27,31)(H,25,26,28)(H2,34,35,36). The van der Waals surface area contributed by atoms with Crippen LogP contribution in [0.5, 0.6) is 0 Å². The number of imide groups is 1. The Morgan fingerprint density at radius 3 is 2.64 bits per heavy atom. The SMILES string of the molecule is CCCN(C(=O)OCOP(=O)(O)O)C(=O)c1ccc(C)c(Nc2ncnn3cc(C(=O)NC4CC4)c(C)c23)c1. The number of carbonyl (C=O) groups is 3. The minimum atomic E-state index is -4.85. The number of anilines is 2. The molecule has 39 heavy (non-hydrogen) atoms. The van der Waals surface area contributed by atoms with Gasteiger partial charge >= 0.3 is 13.9 Å². The van der Waals surface area contributed by atoms with Crippen LogP contribution >= 0.6 is 7.82 Å². The number of nitrogens with one attached hydrogen (secondary N) is 2. The Labute approximate surface area is 223 Å². The quantitative estimate of drug-likeness (QED) is 0.211. The number of fused-ring (bicyclic) bond motifs is 1. The summed E-state index contributed by atoms with van der Waals surface area (Å²) in [5, 5.41) is 10.4. The number of rotatable bonds is 10. The molecule has 2 heterocycles. The van der Waals surface area contributed by atoms with Crippen LogP contribution in [-0.4, -0.2) is 66.6 Å². The third-order valence-corrected chi connectivity index (χ3v) is 6.48. The molecule has 4 rings (SSSR count). The van der Waals surface area contributed by atoms with E-state index in [1.165, 1.54) is 6.33 Å². The van der Waals surface area contributed by atoms with Crippen LogP contribution in [0.15, 0.2) is 30.7 Å². The third-order valence-electron chi connectivity index (χ3n) is 6.04. The predicted molar refractivity (Wildman–Crippen MR) is 138 cm³/mol. The van der Waals surface area contributed by atoms with Crippen molar-refractivity contribution in [3.8, 4) is 0 Å². The van der Waals surface area contributed by atoms with Crippen molar-refractivity contribution in [3.05, 3.63) is 53.0 Å². The van der Waals surface area contributed by atoms with Gasteiger partial charge in [0.25, 0.3) is 11.8 Å². The first-order valence-electron chi connectivity index (χ1n) is 12.2.